The Balaban J connectivity index is 2.86. The summed E-state index contributed by atoms with van der Waals surface area (Å²) in [5.41, 5.74) is 7.35. The highest BCUT2D eigenvalue weighted by molar-refractivity contribution is 5.25. The van der Waals surface area contributed by atoms with Crippen molar-refractivity contribution in [2.45, 2.75) is 19.5 Å². The Labute approximate surface area is 72.4 Å². The van der Waals surface area contributed by atoms with Gasteiger partial charge in [-0.3, -0.25) is 0 Å². The lowest BCUT2D eigenvalue weighted by atomic mass is 10.00. The fraction of sp³-hybridized carbons (Fsp3) is 0.400. The van der Waals surface area contributed by atoms with E-state index in [2.05, 4.69) is 0 Å². The second-order valence-electron chi connectivity index (χ2n) is 3.02. The van der Waals surface area contributed by atoms with Crippen molar-refractivity contribution in [3.8, 4) is 0 Å². The van der Waals surface area contributed by atoms with Crippen LogP contribution in [0.1, 0.15) is 24.0 Å². The zero-order chi connectivity index (χ0) is 8.97. The van der Waals surface area contributed by atoms with Crippen molar-refractivity contribution < 1.29 is 4.39 Å². The molecule has 0 radical (unpaired) electrons. The third-order valence-corrected chi connectivity index (χ3v) is 2.03. The Bertz CT molecular complexity index is 247. The molecule has 1 rings (SSSR count). The summed E-state index contributed by atoms with van der Waals surface area (Å²) in [4.78, 5) is 0. The minimum atomic E-state index is -0.398. The van der Waals surface area contributed by atoms with Gasteiger partial charge in [0, 0.05) is 0 Å². The highest BCUT2D eigenvalue weighted by Gasteiger charge is 2.02. The number of alkyl halides is 1. The molecule has 1 unspecified atom stereocenters. The molecule has 0 aliphatic heterocycles. The van der Waals surface area contributed by atoms with Gasteiger partial charge < -0.3 is 5.73 Å². The predicted molar refractivity (Wildman–Crippen MR) is 48.7 cm³/mol. The van der Waals surface area contributed by atoms with Crippen molar-refractivity contribution >= 4 is 0 Å². The molecule has 1 aromatic rings. The standard InChI is InChI=1S/C10H14FN/c1-8(7-12)10-4-2-3-9(5-10)6-11/h2-5,8H,6-7,12H2,1H3. The molecule has 66 valence electrons. The van der Waals surface area contributed by atoms with Gasteiger partial charge in [0.2, 0.25) is 0 Å². The first kappa shape index (κ1) is 9.20. The summed E-state index contributed by atoms with van der Waals surface area (Å²) in [7, 11) is 0. The summed E-state index contributed by atoms with van der Waals surface area (Å²) in [5.74, 6) is 0.316. The van der Waals surface area contributed by atoms with Crippen LogP contribution in [-0.2, 0) is 6.67 Å². The molecule has 1 atom stereocenters. The van der Waals surface area contributed by atoms with Gasteiger partial charge in [0.15, 0.2) is 0 Å². The largest absolute Gasteiger partial charge is 0.330 e. The summed E-state index contributed by atoms with van der Waals surface area (Å²) in [6, 6.07) is 7.51. The van der Waals surface area contributed by atoms with Crippen LogP contribution in [0, 0.1) is 0 Å². The summed E-state index contributed by atoms with van der Waals surface area (Å²) in [6.07, 6.45) is 0. The number of benzene rings is 1. The molecule has 0 saturated carbocycles. The van der Waals surface area contributed by atoms with E-state index < -0.39 is 6.67 Å². The Hall–Kier alpha value is -0.890. The van der Waals surface area contributed by atoms with Crippen LogP contribution in [0.25, 0.3) is 0 Å². The van der Waals surface area contributed by atoms with Crippen molar-refractivity contribution in [1.29, 1.82) is 0 Å². The second-order valence-corrected chi connectivity index (χ2v) is 3.02. The summed E-state index contributed by atoms with van der Waals surface area (Å²) in [6.45, 7) is 2.25. The van der Waals surface area contributed by atoms with Crippen molar-refractivity contribution in [1.82, 2.24) is 0 Å². The molecule has 0 aromatic heterocycles. The van der Waals surface area contributed by atoms with Crippen molar-refractivity contribution in [2.75, 3.05) is 6.54 Å². The number of nitrogens with two attached hydrogens (primary N) is 1. The van der Waals surface area contributed by atoms with E-state index in [-0.39, 0.29) is 0 Å². The van der Waals surface area contributed by atoms with Gasteiger partial charge >= 0.3 is 0 Å². The Kier molecular flexibility index (Phi) is 3.23. The molecular weight excluding hydrogens is 153 g/mol. The smallest absolute Gasteiger partial charge is 0.115 e. The van der Waals surface area contributed by atoms with Crippen molar-refractivity contribution in [3.05, 3.63) is 35.4 Å². The minimum Gasteiger partial charge on any atom is -0.330 e. The molecule has 2 heteroatoms. The number of hydrogen-bond acceptors (Lipinski definition) is 1. The monoisotopic (exact) mass is 167 g/mol. The summed E-state index contributed by atoms with van der Waals surface area (Å²) < 4.78 is 12.2. The lowest BCUT2D eigenvalue weighted by Crippen LogP contribution is -2.08. The molecule has 1 nitrogen and oxygen atoms in total. The normalized spacial score (nSPS) is 12.9. The molecule has 0 spiro atoms. The molecule has 0 bridgehead atoms. The van der Waals surface area contributed by atoms with Gasteiger partial charge in [0.1, 0.15) is 6.67 Å². The van der Waals surface area contributed by atoms with Gasteiger partial charge in [-0.25, -0.2) is 4.39 Å². The lowest BCUT2D eigenvalue weighted by Gasteiger charge is -2.08. The van der Waals surface area contributed by atoms with Crippen molar-refractivity contribution in [2.24, 2.45) is 5.73 Å². The topological polar surface area (TPSA) is 26.0 Å². The van der Waals surface area contributed by atoms with E-state index in [9.17, 15) is 4.39 Å². The number of halogens is 1. The van der Waals surface area contributed by atoms with Gasteiger partial charge in [-0.05, 0) is 23.6 Å². The van der Waals surface area contributed by atoms with E-state index >= 15 is 0 Å². The van der Waals surface area contributed by atoms with Crippen molar-refractivity contribution in [3.63, 3.8) is 0 Å². The zero-order valence-corrected chi connectivity index (χ0v) is 7.26. The molecule has 2 N–H and O–H groups in total. The van der Waals surface area contributed by atoms with Crippen LogP contribution in [0.4, 0.5) is 4.39 Å². The van der Waals surface area contributed by atoms with E-state index in [1.54, 1.807) is 6.07 Å². The van der Waals surface area contributed by atoms with E-state index in [0.717, 1.165) is 11.1 Å². The Morgan fingerprint density at radius 2 is 2.25 bits per heavy atom. The first-order valence-corrected chi connectivity index (χ1v) is 4.12. The predicted octanol–water partition coefficient (Wildman–Crippen LogP) is 2.22. The molecule has 0 amide bonds. The molecule has 1 aromatic carbocycles. The fourth-order valence-corrected chi connectivity index (χ4v) is 1.12. The third-order valence-electron chi connectivity index (χ3n) is 2.03. The van der Waals surface area contributed by atoms with E-state index in [1.165, 1.54) is 0 Å². The molecule has 12 heavy (non-hydrogen) atoms. The second kappa shape index (κ2) is 4.21. The maximum atomic E-state index is 12.2. The maximum absolute atomic E-state index is 12.2. The van der Waals surface area contributed by atoms with Crippen LogP contribution < -0.4 is 5.73 Å². The molecule has 0 heterocycles. The summed E-state index contributed by atoms with van der Waals surface area (Å²) in [5, 5.41) is 0. The van der Waals surface area contributed by atoms with Crippen LogP contribution in [0.15, 0.2) is 24.3 Å². The lowest BCUT2D eigenvalue weighted by molar-refractivity contribution is 0.484. The van der Waals surface area contributed by atoms with Gasteiger partial charge in [-0.15, -0.1) is 0 Å². The molecule has 0 saturated heterocycles. The minimum absolute atomic E-state index is 0.316. The van der Waals surface area contributed by atoms with Crippen LogP contribution in [0.2, 0.25) is 0 Å². The first-order valence-electron chi connectivity index (χ1n) is 4.12. The third kappa shape index (κ3) is 2.05. The fourth-order valence-electron chi connectivity index (χ4n) is 1.12. The van der Waals surface area contributed by atoms with Crippen LogP contribution in [0.3, 0.4) is 0 Å². The van der Waals surface area contributed by atoms with E-state index in [0.29, 0.717) is 12.5 Å². The summed E-state index contributed by atoms with van der Waals surface area (Å²) >= 11 is 0. The van der Waals surface area contributed by atoms with Gasteiger partial charge in [-0.1, -0.05) is 31.2 Å². The first-order chi connectivity index (χ1) is 5.77. The van der Waals surface area contributed by atoms with E-state index in [4.69, 9.17) is 5.73 Å². The van der Waals surface area contributed by atoms with Crippen LogP contribution >= 0.6 is 0 Å². The highest BCUT2D eigenvalue weighted by atomic mass is 19.1. The molecule has 0 fully saturated rings. The quantitative estimate of drug-likeness (QED) is 0.734. The highest BCUT2D eigenvalue weighted by Crippen LogP contribution is 2.15. The van der Waals surface area contributed by atoms with E-state index in [1.807, 2.05) is 25.1 Å². The molecule has 0 aliphatic rings. The average molecular weight is 167 g/mol. The number of hydrogen-bond donors (Lipinski definition) is 1. The van der Waals surface area contributed by atoms with Crippen LogP contribution in [-0.4, -0.2) is 6.54 Å². The average Bonchev–Trinajstić information content (AvgIpc) is 2.17. The maximum Gasteiger partial charge on any atom is 0.115 e. The van der Waals surface area contributed by atoms with Gasteiger partial charge in [0.05, 0.1) is 0 Å². The Morgan fingerprint density at radius 3 is 2.83 bits per heavy atom. The molecule has 0 aliphatic carbocycles. The Morgan fingerprint density at radius 1 is 1.50 bits per heavy atom. The number of rotatable bonds is 3. The SMILES string of the molecule is CC(CN)c1cccc(CF)c1. The zero-order valence-electron chi connectivity index (χ0n) is 7.26. The van der Waals surface area contributed by atoms with Gasteiger partial charge in [0.25, 0.3) is 0 Å². The molecular formula is C10H14FN. The van der Waals surface area contributed by atoms with Gasteiger partial charge in [-0.2, -0.15) is 0 Å². The van der Waals surface area contributed by atoms with Crippen LogP contribution in [0.5, 0.6) is 0 Å².